The summed E-state index contributed by atoms with van der Waals surface area (Å²) in [6, 6.07) is 16.2. The second kappa shape index (κ2) is 8.43. The SMILES string of the molecule is COc1cc(C(=O)Nc2cccc(N3C(=O)c4ccccc4C3=O)c2)cc(OC)c1OC. The lowest BCUT2D eigenvalue weighted by atomic mass is 10.1. The Morgan fingerprint density at radius 3 is 1.91 bits per heavy atom. The quantitative estimate of drug-likeness (QED) is 0.596. The van der Waals surface area contributed by atoms with Crippen LogP contribution in [0, 0.1) is 0 Å². The normalized spacial score (nSPS) is 12.4. The highest BCUT2D eigenvalue weighted by Crippen LogP contribution is 2.38. The van der Waals surface area contributed by atoms with Crippen molar-refractivity contribution in [1.82, 2.24) is 0 Å². The molecule has 0 radical (unpaired) electrons. The lowest BCUT2D eigenvalue weighted by Crippen LogP contribution is -2.29. The maximum Gasteiger partial charge on any atom is 0.266 e. The standard InChI is InChI=1S/C24H20N2O6/c1-30-19-11-14(12-20(31-2)21(19)32-3)22(27)25-15-7-6-8-16(13-15)26-23(28)17-9-4-5-10-18(17)24(26)29/h4-13H,1-3H3,(H,25,27). The third kappa shape index (κ3) is 3.51. The zero-order chi connectivity index (χ0) is 22.8. The number of rotatable bonds is 6. The van der Waals surface area contributed by atoms with E-state index in [1.165, 1.54) is 33.5 Å². The molecule has 1 heterocycles. The molecule has 0 fully saturated rings. The second-order valence-electron chi connectivity index (χ2n) is 6.91. The van der Waals surface area contributed by atoms with Crippen molar-refractivity contribution < 1.29 is 28.6 Å². The van der Waals surface area contributed by atoms with Gasteiger partial charge in [-0.3, -0.25) is 14.4 Å². The number of anilines is 2. The van der Waals surface area contributed by atoms with Crippen molar-refractivity contribution in [2.24, 2.45) is 0 Å². The van der Waals surface area contributed by atoms with Crippen molar-refractivity contribution in [3.8, 4) is 17.2 Å². The van der Waals surface area contributed by atoms with Gasteiger partial charge in [0.05, 0.1) is 38.1 Å². The Hall–Kier alpha value is -4.33. The maximum absolute atomic E-state index is 12.9. The number of imide groups is 1. The number of carbonyl (C=O) groups is 3. The van der Waals surface area contributed by atoms with Crippen molar-refractivity contribution >= 4 is 29.1 Å². The molecule has 8 heteroatoms. The molecule has 0 aromatic heterocycles. The number of fused-ring (bicyclic) bond motifs is 1. The van der Waals surface area contributed by atoms with Crippen molar-refractivity contribution in [2.75, 3.05) is 31.5 Å². The van der Waals surface area contributed by atoms with Crippen LogP contribution >= 0.6 is 0 Å². The van der Waals surface area contributed by atoms with E-state index in [1.807, 2.05) is 0 Å². The molecular formula is C24H20N2O6. The van der Waals surface area contributed by atoms with Crippen LogP contribution in [0.5, 0.6) is 17.2 Å². The monoisotopic (exact) mass is 432 g/mol. The molecule has 0 bridgehead atoms. The van der Waals surface area contributed by atoms with Gasteiger partial charge in [-0.1, -0.05) is 18.2 Å². The molecule has 8 nitrogen and oxygen atoms in total. The summed E-state index contributed by atoms with van der Waals surface area (Å²) in [6.07, 6.45) is 0. The Morgan fingerprint density at radius 2 is 1.38 bits per heavy atom. The summed E-state index contributed by atoms with van der Waals surface area (Å²) in [6.45, 7) is 0. The summed E-state index contributed by atoms with van der Waals surface area (Å²) >= 11 is 0. The van der Waals surface area contributed by atoms with Gasteiger partial charge in [-0.2, -0.15) is 0 Å². The lowest BCUT2D eigenvalue weighted by Gasteiger charge is -2.16. The van der Waals surface area contributed by atoms with E-state index in [0.29, 0.717) is 39.8 Å². The number of nitrogens with zero attached hydrogens (tertiary/aromatic N) is 1. The van der Waals surface area contributed by atoms with Gasteiger partial charge in [-0.25, -0.2) is 4.90 Å². The average molecular weight is 432 g/mol. The van der Waals surface area contributed by atoms with Crippen molar-refractivity contribution in [3.05, 3.63) is 77.4 Å². The molecule has 0 atom stereocenters. The molecule has 3 aromatic carbocycles. The summed E-state index contributed by atoms with van der Waals surface area (Å²) in [7, 11) is 4.40. The minimum Gasteiger partial charge on any atom is -0.493 e. The number of hydrogen-bond acceptors (Lipinski definition) is 6. The molecule has 1 aliphatic rings. The zero-order valence-electron chi connectivity index (χ0n) is 17.7. The number of amides is 3. The number of hydrogen-bond donors (Lipinski definition) is 1. The van der Waals surface area contributed by atoms with Gasteiger partial charge in [-0.05, 0) is 42.5 Å². The molecule has 4 rings (SSSR count). The highest BCUT2D eigenvalue weighted by atomic mass is 16.5. The van der Waals surface area contributed by atoms with E-state index in [2.05, 4.69) is 5.32 Å². The summed E-state index contributed by atoms with van der Waals surface area (Å²) in [5.74, 6) is -0.172. The highest BCUT2D eigenvalue weighted by Gasteiger charge is 2.36. The minimum absolute atomic E-state index is 0.283. The molecule has 0 unspecified atom stereocenters. The topological polar surface area (TPSA) is 94.2 Å². The van der Waals surface area contributed by atoms with Crippen LogP contribution in [0.2, 0.25) is 0 Å². The predicted octanol–water partition coefficient (Wildman–Crippen LogP) is 3.77. The second-order valence-corrected chi connectivity index (χ2v) is 6.91. The van der Waals surface area contributed by atoms with Gasteiger partial charge in [-0.15, -0.1) is 0 Å². The largest absolute Gasteiger partial charge is 0.493 e. The number of ether oxygens (including phenoxy) is 3. The van der Waals surface area contributed by atoms with Crippen LogP contribution in [0.3, 0.4) is 0 Å². The summed E-state index contributed by atoms with van der Waals surface area (Å²) in [4.78, 5) is 39.5. The molecule has 0 spiro atoms. The third-order valence-electron chi connectivity index (χ3n) is 5.08. The summed E-state index contributed by atoms with van der Waals surface area (Å²) in [5, 5.41) is 2.77. The van der Waals surface area contributed by atoms with Gasteiger partial charge < -0.3 is 19.5 Å². The van der Waals surface area contributed by atoms with Crippen molar-refractivity contribution in [1.29, 1.82) is 0 Å². The van der Waals surface area contributed by atoms with Gasteiger partial charge in [0, 0.05) is 11.3 Å². The first kappa shape index (κ1) is 20.9. The minimum atomic E-state index is -0.427. The molecule has 3 aromatic rings. The highest BCUT2D eigenvalue weighted by molar-refractivity contribution is 6.34. The Morgan fingerprint density at radius 1 is 0.781 bits per heavy atom. The van der Waals surface area contributed by atoms with E-state index in [0.717, 1.165) is 4.90 Å². The van der Waals surface area contributed by atoms with Gasteiger partial charge in [0.15, 0.2) is 11.5 Å². The maximum atomic E-state index is 12.9. The number of nitrogens with one attached hydrogen (secondary N) is 1. The van der Waals surface area contributed by atoms with Gasteiger partial charge >= 0.3 is 0 Å². The van der Waals surface area contributed by atoms with E-state index in [4.69, 9.17) is 14.2 Å². The molecular weight excluding hydrogens is 412 g/mol. The van der Waals surface area contributed by atoms with Crippen LogP contribution in [0.1, 0.15) is 31.1 Å². The van der Waals surface area contributed by atoms with E-state index in [-0.39, 0.29) is 5.56 Å². The first-order valence-electron chi connectivity index (χ1n) is 9.67. The third-order valence-corrected chi connectivity index (χ3v) is 5.08. The van der Waals surface area contributed by atoms with Crippen LogP contribution < -0.4 is 24.4 Å². The first-order chi connectivity index (χ1) is 15.5. The van der Waals surface area contributed by atoms with Crippen molar-refractivity contribution in [2.45, 2.75) is 0 Å². The molecule has 0 aliphatic carbocycles. The molecule has 1 N–H and O–H groups in total. The molecule has 32 heavy (non-hydrogen) atoms. The van der Waals surface area contributed by atoms with Crippen LogP contribution in [0.15, 0.2) is 60.7 Å². The fraction of sp³-hybridized carbons (Fsp3) is 0.125. The number of methoxy groups -OCH3 is 3. The Balaban J connectivity index is 1.61. The van der Waals surface area contributed by atoms with Crippen LogP contribution in [0.25, 0.3) is 0 Å². The van der Waals surface area contributed by atoms with E-state index >= 15 is 0 Å². The summed E-state index contributed by atoms with van der Waals surface area (Å²) in [5.41, 5.74) is 1.76. The zero-order valence-corrected chi connectivity index (χ0v) is 17.7. The van der Waals surface area contributed by atoms with Crippen molar-refractivity contribution in [3.63, 3.8) is 0 Å². The van der Waals surface area contributed by atoms with Gasteiger partial charge in [0.25, 0.3) is 17.7 Å². The smallest absolute Gasteiger partial charge is 0.266 e. The Bertz CT molecular complexity index is 1180. The number of carbonyl (C=O) groups excluding carboxylic acids is 3. The fourth-order valence-electron chi connectivity index (χ4n) is 3.56. The molecule has 1 aliphatic heterocycles. The van der Waals surface area contributed by atoms with Gasteiger partial charge in [0.2, 0.25) is 5.75 Å². The van der Waals surface area contributed by atoms with E-state index < -0.39 is 17.7 Å². The molecule has 0 saturated carbocycles. The molecule has 3 amide bonds. The molecule has 162 valence electrons. The average Bonchev–Trinajstić information content (AvgIpc) is 3.08. The Labute approximate surface area is 184 Å². The fourth-order valence-corrected chi connectivity index (χ4v) is 3.56. The Kier molecular flexibility index (Phi) is 5.51. The van der Waals surface area contributed by atoms with Crippen LogP contribution in [-0.4, -0.2) is 39.1 Å². The van der Waals surface area contributed by atoms with Gasteiger partial charge in [0.1, 0.15) is 0 Å². The lowest BCUT2D eigenvalue weighted by molar-refractivity contribution is 0.0925. The van der Waals surface area contributed by atoms with Crippen LogP contribution in [0.4, 0.5) is 11.4 Å². The van der Waals surface area contributed by atoms with E-state index in [1.54, 1.807) is 48.5 Å². The van der Waals surface area contributed by atoms with Crippen LogP contribution in [-0.2, 0) is 0 Å². The molecule has 0 saturated heterocycles. The summed E-state index contributed by atoms with van der Waals surface area (Å²) < 4.78 is 15.9. The first-order valence-corrected chi connectivity index (χ1v) is 9.67. The number of benzene rings is 3. The van der Waals surface area contributed by atoms with E-state index in [9.17, 15) is 14.4 Å². The predicted molar refractivity (Wildman–Crippen MR) is 118 cm³/mol.